The van der Waals surface area contributed by atoms with Gasteiger partial charge in [-0.25, -0.2) is 4.98 Å². The molecule has 0 aliphatic heterocycles. The van der Waals surface area contributed by atoms with Crippen molar-refractivity contribution < 1.29 is 0 Å². The number of thiophene rings is 1. The molecule has 0 unspecified atom stereocenters. The van der Waals surface area contributed by atoms with Gasteiger partial charge in [-0.3, -0.25) is 0 Å². The predicted molar refractivity (Wildman–Crippen MR) is 62.0 cm³/mol. The van der Waals surface area contributed by atoms with E-state index < -0.39 is 0 Å². The number of hydrogen-bond donors (Lipinski definition) is 0. The number of para-hydroxylation sites is 2. The second-order valence-corrected chi connectivity index (χ2v) is 4.40. The number of nitrogens with zero attached hydrogens (tertiary/aromatic N) is 2. The standard InChI is InChI=1S/C12H9N2S/c1-2-6-12-11(5-1)13-9-14(12)8-10-4-3-7-15-10/h1-7H,8H2. The lowest BCUT2D eigenvalue weighted by Gasteiger charge is -2.00. The fourth-order valence-corrected chi connectivity index (χ4v) is 2.33. The Labute approximate surface area is 91.8 Å². The Balaban J connectivity index is 2.05. The molecule has 0 aliphatic rings. The van der Waals surface area contributed by atoms with Gasteiger partial charge >= 0.3 is 0 Å². The SMILES string of the molecule is [c]1nc2ccccc2n1Cc1cccs1. The summed E-state index contributed by atoms with van der Waals surface area (Å²) in [6, 6.07) is 12.3. The van der Waals surface area contributed by atoms with Gasteiger partial charge in [0.05, 0.1) is 17.6 Å². The van der Waals surface area contributed by atoms with Crippen molar-refractivity contribution in [3.8, 4) is 0 Å². The van der Waals surface area contributed by atoms with Gasteiger partial charge in [0.15, 0.2) is 6.33 Å². The van der Waals surface area contributed by atoms with Gasteiger partial charge in [-0.05, 0) is 23.6 Å². The fourth-order valence-electron chi connectivity index (χ4n) is 1.63. The van der Waals surface area contributed by atoms with Crippen molar-refractivity contribution >= 4 is 22.4 Å². The van der Waals surface area contributed by atoms with Crippen LogP contribution < -0.4 is 0 Å². The maximum Gasteiger partial charge on any atom is 0.177 e. The minimum atomic E-state index is 0.859. The summed E-state index contributed by atoms with van der Waals surface area (Å²) in [5, 5.41) is 2.09. The largest absolute Gasteiger partial charge is 0.316 e. The van der Waals surface area contributed by atoms with Crippen LogP contribution in [0.5, 0.6) is 0 Å². The zero-order valence-corrected chi connectivity index (χ0v) is 8.87. The molecule has 0 atom stereocenters. The highest BCUT2D eigenvalue weighted by Gasteiger charge is 2.02. The number of aromatic nitrogens is 2. The Morgan fingerprint density at radius 1 is 1.20 bits per heavy atom. The van der Waals surface area contributed by atoms with Crippen molar-refractivity contribution in [2.75, 3.05) is 0 Å². The third-order valence-electron chi connectivity index (χ3n) is 2.36. The fraction of sp³-hybridized carbons (Fsp3) is 0.0833. The smallest absolute Gasteiger partial charge is 0.177 e. The Bertz CT molecular complexity index is 566. The van der Waals surface area contributed by atoms with Crippen LogP contribution in [-0.2, 0) is 6.54 Å². The molecule has 0 aliphatic carbocycles. The Kier molecular flexibility index (Phi) is 2.03. The van der Waals surface area contributed by atoms with Gasteiger partial charge in [0.1, 0.15) is 0 Å². The monoisotopic (exact) mass is 213 g/mol. The first-order chi connectivity index (χ1) is 7.43. The van der Waals surface area contributed by atoms with Crippen LogP contribution in [0.2, 0.25) is 0 Å². The van der Waals surface area contributed by atoms with Crippen LogP contribution in [0.1, 0.15) is 4.88 Å². The van der Waals surface area contributed by atoms with E-state index in [1.165, 1.54) is 4.88 Å². The molecule has 1 radical (unpaired) electrons. The second kappa shape index (κ2) is 3.51. The third kappa shape index (κ3) is 1.55. The molecule has 2 aromatic heterocycles. The predicted octanol–water partition coefficient (Wildman–Crippen LogP) is 2.95. The number of benzene rings is 1. The summed E-state index contributed by atoms with van der Waals surface area (Å²) >= 11 is 1.76. The van der Waals surface area contributed by atoms with Crippen molar-refractivity contribution in [1.82, 2.24) is 9.55 Å². The molecule has 0 spiro atoms. The lowest BCUT2D eigenvalue weighted by atomic mass is 10.3. The van der Waals surface area contributed by atoms with E-state index in [1.54, 1.807) is 11.3 Å². The molecule has 2 heterocycles. The quantitative estimate of drug-likeness (QED) is 0.640. The van der Waals surface area contributed by atoms with Crippen molar-refractivity contribution in [3.63, 3.8) is 0 Å². The molecule has 15 heavy (non-hydrogen) atoms. The van der Waals surface area contributed by atoms with Gasteiger partial charge in [0.2, 0.25) is 0 Å². The van der Waals surface area contributed by atoms with E-state index in [9.17, 15) is 0 Å². The summed E-state index contributed by atoms with van der Waals surface area (Å²) < 4.78 is 2.06. The Morgan fingerprint density at radius 2 is 2.13 bits per heavy atom. The van der Waals surface area contributed by atoms with Crippen LogP contribution in [0.4, 0.5) is 0 Å². The third-order valence-corrected chi connectivity index (χ3v) is 3.22. The molecule has 73 valence electrons. The van der Waals surface area contributed by atoms with Gasteiger partial charge in [0.25, 0.3) is 0 Å². The first kappa shape index (κ1) is 8.68. The molecule has 3 rings (SSSR count). The van der Waals surface area contributed by atoms with Crippen LogP contribution in [-0.4, -0.2) is 9.55 Å². The molecule has 3 aromatic rings. The summed E-state index contributed by atoms with van der Waals surface area (Å²) in [6.45, 7) is 0.859. The maximum atomic E-state index is 4.24. The highest BCUT2D eigenvalue weighted by atomic mass is 32.1. The van der Waals surface area contributed by atoms with E-state index in [4.69, 9.17) is 0 Å². The van der Waals surface area contributed by atoms with Crippen LogP contribution in [0, 0.1) is 6.33 Å². The Hall–Kier alpha value is -1.61. The van der Waals surface area contributed by atoms with Gasteiger partial charge in [-0.15, -0.1) is 11.3 Å². The van der Waals surface area contributed by atoms with E-state index in [-0.39, 0.29) is 0 Å². The normalized spacial score (nSPS) is 10.9. The molecular formula is C12H9N2S. The van der Waals surface area contributed by atoms with Crippen LogP contribution in [0.15, 0.2) is 41.8 Å². The van der Waals surface area contributed by atoms with Gasteiger partial charge in [-0.2, -0.15) is 0 Å². The molecule has 3 heteroatoms. The average Bonchev–Trinajstić information content (AvgIpc) is 2.89. The summed E-state index contributed by atoms with van der Waals surface area (Å²) in [7, 11) is 0. The van der Waals surface area contributed by atoms with E-state index in [0.717, 1.165) is 17.6 Å². The van der Waals surface area contributed by atoms with Crippen molar-refractivity contribution in [2.45, 2.75) is 6.54 Å². The molecule has 2 nitrogen and oxygen atoms in total. The van der Waals surface area contributed by atoms with E-state index >= 15 is 0 Å². The number of imidazole rings is 1. The van der Waals surface area contributed by atoms with Gasteiger partial charge < -0.3 is 4.57 Å². The molecule has 0 N–H and O–H groups in total. The van der Waals surface area contributed by atoms with E-state index in [2.05, 4.69) is 39.5 Å². The summed E-state index contributed by atoms with van der Waals surface area (Å²) in [6.07, 6.45) is 3.03. The molecule has 0 saturated heterocycles. The molecular weight excluding hydrogens is 204 g/mol. The highest BCUT2D eigenvalue weighted by molar-refractivity contribution is 7.09. The molecule has 0 bridgehead atoms. The van der Waals surface area contributed by atoms with Crippen LogP contribution in [0.3, 0.4) is 0 Å². The lowest BCUT2D eigenvalue weighted by molar-refractivity contribution is 0.830. The van der Waals surface area contributed by atoms with Gasteiger partial charge in [-0.1, -0.05) is 18.2 Å². The van der Waals surface area contributed by atoms with Crippen molar-refractivity contribution in [1.29, 1.82) is 0 Å². The van der Waals surface area contributed by atoms with E-state index in [1.807, 2.05) is 18.2 Å². The average molecular weight is 213 g/mol. The minimum absolute atomic E-state index is 0.859. The highest BCUT2D eigenvalue weighted by Crippen LogP contribution is 2.15. The van der Waals surface area contributed by atoms with Gasteiger partial charge in [0, 0.05) is 4.88 Å². The van der Waals surface area contributed by atoms with E-state index in [0.29, 0.717) is 0 Å². The topological polar surface area (TPSA) is 17.8 Å². The molecule has 1 aromatic carbocycles. The summed E-state index contributed by atoms with van der Waals surface area (Å²) in [4.78, 5) is 5.57. The first-order valence-electron chi connectivity index (χ1n) is 4.79. The molecule has 0 amide bonds. The first-order valence-corrected chi connectivity index (χ1v) is 5.67. The van der Waals surface area contributed by atoms with Crippen molar-refractivity contribution in [2.24, 2.45) is 0 Å². The number of fused-ring (bicyclic) bond motifs is 1. The number of rotatable bonds is 2. The summed E-state index contributed by atoms with van der Waals surface area (Å²) in [5.41, 5.74) is 2.15. The van der Waals surface area contributed by atoms with Crippen LogP contribution >= 0.6 is 11.3 Å². The zero-order chi connectivity index (χ0) is 10.1. The molecule has 0 saturated carbocycles. The Morgan fingerprint density at radius 3 is 3.00 bits per heavy atom. The maximum absolute atomic E-state index is 4.24. The minimum Gasteiger partial charge on any atom is -0.316 e. The van der Waals surface area contributed by atoms with Crippen molar-refractivity contribution in [3.05, 3.63) is 53.0 Å². The summed E-state index contributed by atoms with van der Waals surface area (Å²) in [5.74, 6) is 0. The molecule has 0 fully saturated rings. The second-order valence-electron chi connectivity index (χ2n) is 3.37. The zero-order valence-electron chi connectivity index (χ0n) is 8.05. The lowest BCUT2D eigenvalue weighted by Crippen LogP contribution is -1.95. The van der Waals surface area contributed by atoms with Crippen LogP contribution in [0.25, 0.3) is 11.0 Å². The number of hydrogen-bond acceptors (Lipinski definition) is 2.